The van der Waals surface area contributed by atoms with Gasteiger partial charge in [0.2, 0.25) is 0 Å². The molecule has 19 heavy (non-hydrogen) atoms. The Balaban J connectivity index is 2.17. The molecule has 0 saturated heterocycles. The number of pyridine rings is 1. The number of hydrogen-bond acceptors (Lipinski definition) is 4. The highest BCUT2D eigenvalue weighted by atomic mass is 16.5. The van der Waals surface area contributed by atoms with Crippen LogP contribution in [0.25, 0.3) is 22.5 Å². The lowest BCUT2D eigenvalue weighted by Gasteiger charge is -2.03. The van der Waals surface area contributed by atoms with Crippen LogP contribution in [0.15, 0.2) is 53.3 Å². The van der Waals surface area contributed by atoms with Crippen LogP contribution in [-0.4, -0.2) is 10.1 Å². The highest BCUT2D eigenvalue weighted by molar-refractivity contribution is 5.86. The number of nitrogens with zero attached hydrogens (tertiary/aromatic N) is 2. The van der Waals surface area contributed by atoms with Gasteiger partial charge in [0.25, 0.3) is 0 Å². The standard InChI is InChI=1S/C15H13N3O/c1-10-4-6-11(7-5-10)13-14(19-18-15(13)16)12-3-2-8-17-9-12/h2-9H,1H3,(H2,16,18). The summed E-state index contributed by atoms with van der Waals surface area (Å²) in [7, 11) is 0. The summed E-state index contributed by atoms with van der Waals surface area (Å²) in [6.07, 6.45) is 3.45. The third-order valence-corrected chi connectivity index (χ3v) is 2.98. The van der Waals surface area contributed by atoms with Gasteiger partial charge in [0.1, 0.15) is 0 Å². The number of hydrogen-bond donors (Lipinski definition) is 1. The fourth-order valence-electron chi connectivity index (χ4n) is 2.00. The third kappa shape index (κ3) is 2.08. The van der Waals surface area contributed by atoms with Crippen LogP contribution in [0.5, 0.6) is 0 Å². The highest BCUT2D eigenvalue weighted by Gasteiger charge is 2.17. The summed E-state index contributed by atoms with van der Waals surface area (Å²) in [4.78, 5) is 4.09. The number of anilines is 1. The van der Waals surface area contributed by atoms with Crippen molar-refractivity contribution in [3.63, 3.8) is 0 Å². The predicted molar refractivity (Wildman–Crippen MR) is 74.3 cm³/mol. The van der Waals surface area contributed by atoms with Crippen molar-refractivity contribution in [1.29, 1.82) is 0 Å². The zero-order valence-corrected chi connectivity index (χ0v) is 10.5. The summed E-state index contributed by atoms with van der Waals surface area (Å²) in [5.41, 5.74) is 9.78. The largest absolute Gasteiger partial charge is 0.380 e. The van der Waals surface area contributed by atoms with Gasteiger partial charge in [0.15, 0.2) is 11.6 Å². The van der Waals surface area contributed by atoms with E-state index in [0.29, 0.717) is 11.6 Å². The van der Waals surface area contributed by atoms with Crippen molar-refractivity contribution in [1.82, 2.24) is 10.1 Å². The summed E-state index contributed by atoms with van der Waals surface area (Å²) in [5, 5.41) is 3.87. The van der Waals surface area contributed by atoms with Gasteiger partial charge in [-0.15, -0.1) is 0 Å². The molecule has 0 saturated carbocycles. The van der Waals surface area contributed by atoms with Gasteiger partial charge in [-0.25, -0.2) is 0 Å². The minimum Gasteiger partial charge on any atom is -0.380 e. The van der Waals surface area contributed by atoms with Crippen molar-refractivity contribution in [3.05, 3.63) is 54.4 Å². The van der Waals surface area contributed by atoms with E-state index in [0.717, 1.165) is 16.7 Å². The molecule has 3 rings (SSSR count). The first-order chi connectivity index (χ1) is 9.25. The average Bonchev–Trinajstić information content (AvgIpc) is 2.83. The monoisotopic (exact) mass is 251 g/mol. The van der Waals surface area contributed by atoms with E-state index in [4.69, 9.17) is 10.3 Å². The van der Waals surface area contributed by atoms with Crippen LogP contribution < -0.4 is 5.73 Å². The summed E-state index contributed by atoms with van der Waals surface area (Å²) < 4.78 is 5.35. The van der Waals surface area contributed by atoms with Crippen molar-refractivity contribution in [3.8, 4) is 22.5 Å². The topological polar surface area (TPSA) is 64.9 Å². The molecule has 4 nitrogen and oxygen atoms in total. The third-order valence-electron chi connectivity index (χ3n) is 2.98. The van der Waals surface area contributed by atoms with E-state index in [1.165, 1.54) is 5.56 Å². The maximum Gasteiger partial charge on any atom is 0.178 e. The van der Waals surface area contributed by atoms with Gasteiger partial charge in [-0.3, -0.25) is 4.98 Å². The van der Waals surface area contributed by atoms with Crippen molar-refractivity contribution >= 4 is 5.82 Å². The Morgan fingerprint density at radius 2 is 1.84 bits per heavy atom. The Morgan fingerprint density at radius 1 is 1.05 bits per heavy atom. The maximum atomic E-state index is 5.92. The van der Waals surface area contributed by atoms with Crippen LogP contribution in [0.1, 0.15) is 5.56 Å². The Morgan fingerprint density at radius 3 is 2.53 bits per heavy atom. The Labute approximate surface area is 110 Å². The van der Waals surface area contributed by atoms with Gasteiger partial charge in [-0.05, 0) is 24.6 Å². The lowest BCUT2D eigenvalue weighted by atomic mass is 10.0. The number of benzene rings is 1. The summed E-state index contributed by atoms with van der Waals surface area (Å²) in [6.45, 7) is 2.04. The molecule has 2 N–H and O–H groups in total. The van der Waals surface area contributed by atoms with Crippen LogP contribution in [-0.2, 0) is 0 Å². The fourth-order valence-corrected chi connectivity index (χ4v) is 2.00. The van der Waals surface area contributed by atoms with Crippen molar-refractivity contribution in [2.24, 2.45) is 0 Å². The normalized spacial score (nSPS) is 10.6. The molecular weight excluding hydrogens is 238 g/mol. The van der Waals surface area contributed by atoms with E-state index in [1.54, 1.807) is 12.4 Å². The smallest absolute Gasteiger partial charge is 0.178 e. The van der Waals surface area contributed by atoms with E-state index in [9.17, 15) is 0 Å². The lowest BCUT2D eigenvalue weighted by Crippen LogP contribution is -1.89. The van der Waals surface area contributed by atoms with Crippen LogP contribution in [0.2, 0.25) is 0 Å². The zero-order valence-electron chi connectivity index (χ0n) is 10.5. The van der Waals surface area contributed by atoms with Crippen molar-refractivity contribution in [2.45, 2.75) is 6.92 Å². The van der Waals surface area contributed by atoms with Crippen molar-refractivity contribution < 1.29 is 4.52 Å². The second-order valence-electron chi connectivity index (χ2n) is 4.38. The van der Waals surface area contributed by atoms with E-state index in [-0.39, 0.29) is 0 Å². The quantitative estimate of drug-likeness (QED) is 0.759. The molecule has 4 heteroatoms. The first-order valence-electron chi connectivity index (χ1n) is 5.98. The van der Waals surface area contributed by atoms with Gasteiger partial charge in [-0.1, -0.05) is 35.0 Å². The molecule has 0 fully saturated rings. The molecule has 0 atom stereocenters. The molecule has 3 aromatic rings. The van der Waals surface area contributed by atoms with E-state index in [1.807, 2.05) is 43.3 Å². The van der Waals surface area contributed by atoms with Crippen LogP contribution in [0, 0.1) is 6.92 Å². The van der Waals surface area contributed by atoms with Crippen molar-refractivity contribution in [2.75, 3.05) is 5.73 Å². The summed E-state index contributed by atoms with van der Waals surface area (Å²) in [6, 6.07) is 11.9. The number of nitrogen functional groups attached to an aromatic ring is 1. The van der Waals surface area contributed by atoms with Crippen LogP contribution in [0.4, 0.5) is 5.82 Å². The zero-order chi connectivity index (χ0) is 13.2. The molecule has 0 aliphatic rings. The van der Waals surface area contributed by atoms with Gasteiger partial charge < -0.3 is 10.3 Å². The molecule has 0 amide bonds. The second kappa shape index (κ2) is 4.57. The molecule has 0 aliphatic heterocycles. The molecule has 1 aromatic carbocycles. The molecule has 0 radical (unpaired) electrons. The first kappa shape index (κ1) is 11.5. The summed E-state index contributed by atoms with van der Waals surface area (Å²) >= 11 is 0. The molecule has 2 aromatic heterocycles. The number of aryl methyl sites for hydroxylation is 1. The number of aromatic nitrogens is 2. The van der Waals surface area contributed by atoms with E-state index < -0.39 is 0 Å². The second-order valence-corrected chi connectivity index (χ2v) is 4.38. The van der Waals surface area contributed by atoms with E-state index >= 15 is 0 Å². The average molecular weight is 251 g/mol. The SMILES string of the molecule is Cc1ccc(-c2c(N)noc2-c2cccnc2)cc1. The fraction of sp³-hybridized carbons (Fsp3) is 0.0667. The number of rotatable bonds is 2. The maximum absolute atomic E-state index is 5.92. The molecule has 2 heterocycles. The van der Waals surface area contributed by atoms with Gasteiger partial charge in [0, 0.05) is 18.0 Å². The molecule has 0 aliphatic carbocycles. The van der Waals surface area contributed by atoms with E-state index in [2.05, 4.69) is 10.1 Å². The van der Waals surface area contributed by atoms with Gasteiger partial charge in [0.05, 0.1) is 5.56 Å². The van der Waals surface area contributed by atoms with Crippen LogP contribution in [0.3, 0.4) is 0 Å². The molecular formula is C15H13N3O. The Hall–Kier alpha value is -2.62. The van der Waals surface area contributed by atoms with Gasteiger partial charge >= 0.3 is 0 Å². The Bertz CT molecular complexity index is 687. The minimum absolute atomic E-state index is 0.391. The predicted octanol–water partition coefficient (Wildman–Crippen LogP) is 3.29. The lowest BCUT2D eigenvalue weighted by molar-refractivity contribution is 0.436. The number of nitrogens with two attached hydrogens (primary N) is 1. The molecule has 0 spiro atoms. The molecule has 0 bridgehead atoms. The molecule has 0 unspecified atom stereocenters. The summed E-state index contributed by atoms with van der Waals surface area (Å²) in [5.74, 6) is 1.04. The first-order valence-corrected chi connectivity index (χ1v) is 5.98. The minimum atomic E-state index is 0.391. The Kier molecular flexibility index (Phi) is 2.76. The van der Waals surface area contributed by atoms with Crippen LogP contribution >= 0.6 is 0 Å². The highest BCUT2D eigenvalue weighted by Crippen LogP contribution is 2.36. The van der Waals surface area contributed by atoms with Gasteiger partial charge in [-0.2, -0.15) is 0 Å². The molecule has 94 valence electrons.